The van der Waals surface area contributed by atoms with E-state index >= 15 is 0 Å². The summed E-state index contributed by atoms with van der Waals surface area (Å²) in [5, 5.41) is 3.09. The summed E-state index contributed by atoms with van der Waals surface area (Å²) in [5.74, 6) is -0.144. The molecule has 0 unspecified atom stereocenters. The Labute approximate surface area is 124 Å². The van der Waals surface area contributed by atoms with Crippen molar-refractivity contribution in [3.63, 3.8) is 0 Å². The highest BCUT2D eigenvalue weighted by atomic mass is 35.5. The second kappa shape index (κ2) is 8.11. The van der Waals surface area contributed by atoms with Crippen molar-refractivity contribution in [2.45, 2.75) is 32.2 Å². The van der Waals surface area contributed by atoms with Crippen LogP contribution in [-0.4, -0.2) is 26.6 Å². The fourth-order valence-corrected chi connectivity index (χ4v) is 3.26. The smallest absolute Gasteiger partial charge is 0.234 e. The van der Waals surface area contributed by atoms with Crippen LogP contribution in [0.4, 0.5) is 5.69 Å². The Kier molecular flexibility index (Phi) is 6.81. The lowest BCUT2D eigenvalue weighted by atomic mass is 10.1. The largest absolute Gasteiger partial charge is 0.355 e. The van der Waals surface area contributed by atoms with E-state index in [1.54, 1.807) is 24.3 Å². The molecule has 1 amide bonds. The van der Waals surface area contributed by atoms with Crippen LogP contribution < -0.4 is 10.0 Å². The summed E-state index contributed by atoms with van der Waals surface area (Å²) in [6.07, 6.45) is 2.98. The highest BCUT2D eigenvalue weighted by molar-refractivity contribution is 7.92. The highest BCUT2D eigenvalue weighted by Gasteiger charge is 2.18. The van der Waals surface area contributed by atoms with Gasteiger partial charge in [0, 0.05) is 16.8 Å². The summed E-state index contributed by atoms with van der Waals surface area (Å²) in [4.78, 5) is 10.5. The predicted molar refractivity (Wildman–Crippen MR) is 81.4 cm³/mol. The number of hydrogen-bond acceptors (Lipinski definition) is 3. The Balaban J connectivity index is 2.66. The molecule has 1 aromatic carbocycles. The highest BCUT2D eigenvalue weighted by Crippen LogP contribution is 2.15. The van der Waals surface area contributed by atoms with Gasteiger partial charge in [-0.15, -0.1) is 0 Å². The molecule has 0 spiro atoms. The summed E-state index contributed by atoms with van der Waals surface area (Å²) in [5.41, 5.74) is 0.453. The van der Waals surface area contributed by atoms with E-state index in [4.69, 9.17) is 11.6 Å². The van der Waals surface area contributed by atoms with Gasteiger partial charge in [-0.05, 0) is 30.7 Å². The van der Waals surface area contributed by atoms with Crippen molar-refractivity contribution in [3.8, 4) is 0 Å². The Morgan fingerprint density at radius 1 is 1.30 bits per heavy atom. The van der Waals surface area contributed by atoms with Crippen molar-refractivity contribution in [2.75, 3.05) is 10.5 Å². The van der Waals surface area contributed by atoms with Crippen LogP contribution in [0.2, 0.25) is 5.02 Å². The number of rotatable bonds is 9. The van der Waals surface area contributed by atoms with Crippen molar-refractivity contribution >= 4 is 33.7 Å². The van der Waals surface area contributed by atoms with Crippen LogP contribution in [0, 0.1) is 0 Å². The number of unbranched alkanes of at least 4 members (excludes halogenated alkanes) is 1. The van der Waals surface area contributed by atoms with Crippen LogP contribution in [0.5, 0.6) is 0 Å². The summed E-state index contributed by atoms with van der Waals surface area (Å²) in [6, 6.07) is 6.02. The van der Waals surface area contributed by atoms with E-state index in [-0.39, 0.29) is 11.8 Å². The summed E-state index contributed by atoms with van der Waals surface area (Å²) in [7, 11) is -3.51. The topological polar surface area (TPSA) is 75.3 Å². The van der Waals surface area contributed by atoms with Gasteiger partial charge in [0.05, 0.1) is 5.75 Å². The first-order valence-electron chi connectivity index (χ1n) is 6.42. The monoisotopic (exact) mass is 318 g/mol. The van der Waals surface area contributed by atoms with Gasteiger partial charge in [-0.3, -0.25) is 9.52 Å². The molecule has 1 atom stereocenters. The molecule has 0 aliphatic heterocycles. The Morgan fingerprint density at radius 3 is 2.50 bits per heavy atom. The molecule has 0 radical (unpaired) electrons. The van der Waals surface area contributed by atoms with Gasteiger partial charge >= 0.3 is 0 Å². The zero-order valence-corrected chi connectivity index (χ0v) is 12.9. The van der Waals surface area contributed by atoms with Crippen LogP contribution in [0.3, 0.4) is 0 Å². The third-order valence-corrected chi connectivity index (χ3v) is 4.39. The number of halogens is 1. The lowest BCUT2D eigenvalue weighted by Gasteiger charge is -2.16. The fourth-order valence-electron chi connectivity index (χ4n) is 1.77. The molecular weight excluding hydrogens is 300 g/mol. The van der Waals surface area contributed by atoms with Crippen LogP contribution in [0.15, 0.2) is 24.3 Å². The third kappa shape index (κ3) is 6.25. The molecule has 0 saturated heterocycles. The summed E-state index contributed by atoms with van der Waals surface area (Å²) < 4.78 is 26.5. The molecule has 0 bridgehead atoms. The molecule has 2 N–H and O–H groups in total. The summed E-state index contributed by atoms with van der Waals surface area (Å²) in [6.45, 7) is 2.01. The minimum atomic E-state index is -3.51. The molecule has 0 fully saturated rings. The Hall–Kier alpha value is -1.27. The minimum absolute atomic E-state index is 0.144. The van der Waals surface area contributed by atoms with E-state index < -0.39 is 10.0 Å². The van der Waals surface area contributed by atoms with Crippen LogP contribution in [-0.2, 0) is 14.8 Å². The number of sulfonamides is 1. The van der Waals surface area contributed by atoms with E-state index in [1.807, 2.05) is 6.92 Å². The van der Waals surface area contributed by atoms with Gasteiger partial charge < -0.3 is 5.32 Å². The van der Waals surface area contributed by atoms with Crippen molar-refractivity contribution in [1.82, 2.24) is 5.32 Å². The quantitative estimate of drug-likeness (QED) is 0.686. The van der Waals surface area contributed by atoms with Gasteiger partial charge in [-0.25, -0.2) is 8.42 Å². The van der Waals surface area contributed by atoms with Crippen molar-refractivity contribution in [1.29, 1.82) is 0 Å². The average Bonchev–Trinajstić information content (AvgIpc) is 2.38. The number of anilines is 1. The molecule has 20 heavy (non-hydrogen) atoms. The molecule has 0 aromatic heterocycles. The molecule has 112 valence electrons. The van der Waals surface area contributed by atoms with Gasteiger partial charge in [0.25, 0.3) is 0 Å². The van der Waals surface area contributed by atoms with Crippen molar-refractivity contribution in [2.24, 2.45) is 0 Å². The molecule has 0 saturated carbocycles. The van der Waals surface area contributed by atoms with E-state index in [0.717, 1.165) is 12.8 Å². The number of hydrogen-bond donors (Lipinski definition) is 2. The third-order valence-electron chi connectivity index (χ3n) is 2.75. The second-order valence-electron chi connectivity index (χ2n) is 4.51. The van der Waals surface area contributed by atoms with E-state index in [2.05, 4.69) is 10.0 Å². The first-order valence-corrected chi connectivity index (χ1v) is 8.45. The van der Waals surface area contributed by atoms with Crippen molar-refractivity contribution in [3.05, 3.63) is 29.3 Å². The van der Waals surface area contributed by atoms with Gasteiger partial charge in [-0.1, -0.05) is 31.4 Å². The predicted octanol–water partition coefficient (Wildman–Crippen LogP) is 2.39. The minimum Gasteiger partial charge on any atom is -0.355 e. The van der Waals surface area contributed by atoms with Crippen LogP contribution in [0.25, 0.3) is 0 Å². The molecule has 5 nitrogen and oxygen atoms in total. The molecular formula is C13H19ClN2O3S. The zero-order valence-electron chi connectivity index (χ0n) is 11.3. The van der Waals surface area contributed by atoms with Crippen molar-refractivity contribution < 1.29 is 13.2 Å². The normalized spacial score (nSPS) is 12.7. The number of nitrogens with one attached hydrogen (secondary N) is 2. The SMILES string of the molecule is CCCC[C@@H](CS(=O)(=O)Nc1ccc(Cl)cc1)NC=O. The van der Waals surface area contributed by atoms with Gasteiger partial charge in [0.2, 0.25) is 16.4 Å². The van der Waals surface area contributed by atoms with Gasteiger partial charge in [0.15, 0.2) is 0 Å². The maximum atomic E-state index is 12.0. The molecule has 0 heterocycles. The molecule has 0 aliphatic carbocycles. The van der Waals surface area contributed by atoms with Gasteiger partial charge in [-0.2, -0.15) is 0 Å². The average molecular weight is 319 g/mol. The fraction of sp³-hybridized carbons (Fsp3) is 0.462. The number of carbonyl (C=O) groups excluding carboxylic acids is 1. The molecule has 1 aromatic rings. The van der Waals surface area contributed by atoms with E-state index in [9.17, 15) is 13.2 Å². The van der Waals surface area contributed by atoms with Crippen LogP contribution in [0.1, 0.15) is 26.2 Å². The lowest BCUT2D eigenvalue weighted by molar-refractivity contribution is -0.110. The molecule has 7 heteroatoms. The van der Waals surface area contributed by atoms with Gasteiger partial charge in [0.1, 0.15) is 0 Å². The molecule has 0 aliphatic rings. The molecule has 1 rings (SSSR count). The standard InChI is InChI=1S/C13H19ClN2O3S/c1-2-3-4-13(15-10-17)9-20(18,19)16-12-7-5-11(14)6-8-12/h5-8,10,13,16H,2-4,9H2,1H3,(H,15,17)/t13-/m0/s1. The first kappa shape index (κ1) is 16.8. The number of benzene rings is 1. The zero-order chi connectivity index (χ0) is 15.0. The van der Waals surface area contributed by atoms with E-state index in [0.29, 0.717) is 23.5 Å². The van der Waals surface area contributed by atoms with E-state index in [1.165, 1.54) is 0 Å². The maximum Gasteiger partial charge on any atom is 0.234 e. The Bertz CT molecular complexity index is 517. The maximum absolute atomic E-state index is 12.0. The summed E-state index contributed by atoms with van der Waals surface area (Å²) >= 11 is 5.74. The second-order valence-corrected chi connectivity index (χ2v) is 6.72. The first-order chi connectivity index (χ1) is 9.46. The van der Waals surface area contributed by atoms with Crippen LogP contribution >= 0.6 is 11.6 Å². The lowest BCUT2D eigenvalue weighted by Crippen LogP contribution is -2.36. The Morgan fingerprint density at radius 2 is 1.95 bits per heavy atom. The number of amides is 1. The number of carbonyl (C=O) groups is 1.